The molecule has 2 heterocycles. The summed E-state index contributed by atoms with van der Waals surface area (Å²) >= 11 is 0. The van der Waals surface area contributed by atoms with Crippen LogP contribution in [0.1, 0.15) is 5.69 Å². The van der Waals surface area contributed by atoms with Crippen molar-refractivity contribution in [3.8, 4) is 0 Å². The van der Waals surface area contributed by atoms with Gasteiger partial charge in [-0.3, -0.25) is 4.90 Å². The zero-order valence-corrected chi connectivity index (χ0v) is 10.8. The van der Waals surface area contributed by atoms with Gasteiger partial charge >= 0.3 is 0 Å². The zero-order chi connectivity index (χ0) is 13.8. The van der Waals surface area contributed by atoms with Gasteiger partial charge in [0.25, 0.3) is 0 Å². The SMILES string of the molecule is Cc1ncnc(N2CCN(CC(N)=NO)CC2)c1F. The highest BCUT2D eigenvalue weighted by molar-refractivity contribution is 5.81. The van der Waals surface area contributed by atoms with E-state index in [9.17, 15) is 4.39 Å². The Kier molecular flexibility index (Phi) is 4.10. The first-order valence-corrected chi connectivity index (χ1v) is 6.02. The van der Waals surface area contributed by atoms with Gasteiger partial charge in [0.2, 0.25) is 0 Å². The van der Waals surface area contributed by atoms with E-state index in [1.165, 1.54) is 6.33 Å². The van der Waals surface area contributed by atoms with Crippen LogP contribution in [0, 0.1) is 12.7 Å². The van der Waals surface area contributed by atoms with E-state index in [4.69, 9.17) is 10.9 Å². The van der Waals surface area contributed by atoms with Crippen LogP contribution in [0.25, 0.3) is 0 Å². The molecule has 1 aromatic rings. The Morgan fingerprint density at radius 3 is 2.74 bits per heavy atom. The van der Waals surface area contributed by atoms with E-state index >= 15 is 0 Å². The average Bonchev–Trinajstić information content (AvgIpc) is 2.43. The van der Waals surface area contributed by atoms with Crippen LogP contribution in [0.5, 0.6) is 0 Å². The van der Waals surface area contributed by atoms with Gasteiger partial charge in [0.05, 0.1) is 12.2 Å². The van der Waals surface area contributed by atoms with E-state index in [2.05, 4.69) is 15.1 Å². The molecule has 1 aromatic heterocycles. The monoisotopic (exact) mass is 268 g/mol. The first-order chi connectivity index (χ1) is 9.11. The third kappa shape index (κ3) is 3.08. The van der Waals surface area contributed by atoms with Crippen LogP contribution in [-0.4, -0.2) is 58.6 Å². The van der Waals surface area contributed by atoms with Crippen LogP contribution in [0.2, 0.25) is 0 Å². The number of amidine groups is 1. The molecule has 19 heavy (non-hydrogen) atoms. The summed E-state index contributed by atoms with van der Waals surface area (Å²) in [5.74, 6) is 0.154. The minimum Gasteiger partial charge on any atom is -0.409 e. The van der Waals surface area contributed by atoms with Crippen molar-refractivity contribution in [2.24, 2.45) is 10.9 Å². The molecule has 1 saturated heterocycles. The second kappa shape index (κ2) is 5.79. The lowest BCUT2D eigenvalue weighted by molar-refractivity contribution is 0.277. The first kappa shape index (κ1) is 13.5. The minimum absolute atomic E-state index is 0.178. The predicted molar refractivity (Wildman–Crippen MR) is 68.8 cm³/mol. The van der Waals surface area contributed by atoms with Crippen molar-refractivity contribution in [1.82, 2.24) is 14.9 Å². The van der Waals surface area contributed by atoms with Gasteiger partial charge in [0.15, 0.2) is 17.5 Å². The van der Waals surface area contributed by atoms with Crippen molar-refractivity contribution in [3.63, 3.8) is 0 Å². The van der Waals surface area contributed by atoms with Crippen molar-refractivity contribution >= 4 is 11.7 Å². The summed E-state index contributed by atoms with van der Waals surface area (Å²) in [6.45, 7) is 4.74. The van der Waals surface area contributed by atoms with Crippen molar-refractivity contribution in [1.29, 1.82) is 0 Å². The molecule has 7 nitrogen and oxygen atoms in total. The molecule has 0 aliphatic carbocycles. The summed E-state index contributed by atoms with van der Waals surface area (Å²) in [5.41, 5.74) is 5.81. The number of nitrogens with zero attached hydrogens (tertiary/aromatic N) is 5. The van der Waals surface area contributed by atoms with Crippen LogP contribution in [0.15, 0.2) is 11.5 Å². The number of rotatable bonds is 3. The summed E-state index contributed by atoms with van der Waals surface area (Å²) in [6.07, 6.45) is 1.37. The largest absolute Gasteiger partial charge is 0.409 e. The molecule has 0 amide bonds. The Bertz CT molecular complexity index is 472. The smallest absolute Gasteiger partial charge is 0.186 e. The van der Waals surface area contributed by atoms with Gasteiger partial charge in [-0.05, 0) is 6.92 Å². The van der Waals surface area contributed by atoms with Crippen LogP contribution < -0.4 is 10.6 Å². The van der Waals surface area contributed by atoms with Crippen molar-refractivity contribution in [2.45, 2.75) is 6.92 Å². The van der Waals surface area contributed by atoms with Crippen molar-refractivity contribution < 1.29 is 9.60 Å². The molecule has 8 heteroatoms. The third-order valence-corrected chi connectivity index (χ3v) is 3.13. The van der Waals surface area contributed by atoms with Crippen LogP contribution in [-0.2, 0) is 0 Å². The molecule has 1 aliphatic rings. The third-order valence-electron chi connectivity index (χ3n) is 3.13. The Morgan fingerprint density at radius 2 is 2.11 bits per heavy atom. The predicted octanol–water partition coefficient (Wildman–Crippen LogP) is -0.207. The number of hydrogen-bond donors (Lipinski definition) is 2. The second-order valence-electron chi connectivity index (χ2n) is 4.45. The highest BCUT2D eigenvalue weighted by Gasteiger charge is 2.21. The molecule has 0 bridgehead atoms. The van der Waals surface area contributed by atoms with Gasteiger partial charge in [-0.15, -0.1) is 0 Å². The molecular formula is C11H17FN6O. The summed E-state index contributed by atoms with van der Waals surface area (Å²) in [7, 11) is 0. The van der Waals surface area contributed by atoms with Crippen LogP contribution in [0.4, 0.5) is 10.2 Å². The van der Waals surface area contributed by atoms with Gasteiger partial charge in [0, 0.05) is 26.2 Å². The first-order valence-electron chi connectivity index (χ1n) is 6.02. The maximum absolute atomic E-state index is 13.9. The Morgan fingerprint density at radius 1 is 1.42 bits per heavy atom. The Hall–Kier alpha value is -1.96. The standard InChI is InChI=1S/C11H17FN6O/c1-8-10(12)11(15-7-14-8)18-4-2-17(3-5-18)6-9(13)16-19/h7,19H,2-6H2,1H3,(H2,13,16). The summed E-state index contributed by atoms with van der Waals surface area (Å²) in [5, 5.41) is 11.5. The number of halogens is 1. The Labute approximate surface area is 110 Å². The highest BCUT2D eigenvalue weighted by atomic mass is 19.1. The molecule has 2 rings (SSSR count). The van der Waals surface area contributed by atoms with Gasteiger partial charge in [-0.25, -0.2) is 14.4 Å². The molecule has 0 saturated carbocycles. The fraction of sp³-hybridized carbons (Fsp3) is 0.545. The number of aryl methyl sites for hydroxylation is 1. The van der Waals surface area contributed by atoms with Crippen LogP contribution in [0.3, 0.4) is 0 Å². The fourth-order valence-corrected chi connectivity index (χ4v) is 2.04. The molecule has 1 fully saturated rings. The van der Waals surface area contributed by atoms with Gasteiger partial charge < -0.3 is 15.8 Å². The van der Waals surface area contributed by atoms with Gasteiger partial charge in [0.1, 0.15) is 6.33 Å². The maximum atomic E-state index is 13.9. The number of oxime groups is 1. The van der Waals surface area contributed by atoms with E-state index in [-0.39, 0.29) is 11.7 Å². The molecule has 0 unspecified atom stereocenters. The zero-order valence-electron chi connectivity index (χ0n) is 10.8. The molecule has 0 atom stereocenters. The maximum Gasteiger partial charge on any atom is 0.186 e. The lowest BCUT2D eigenvalue weighted by Gasteiger charge is -2.35. The summed E-state index contributed by atoms with van der Waals surface area (Å²) in [6, 6.07) is 0. The lowest BCUT2D eigenvalue weighted by atomic mass is 10.3. The molecule has 104 valence electrons. The lowest BCUT2D eigenvalue weighted by Crippen LogP contribution is -2.49. The highest BCUT2D eigenvalue weighted by Crippen LogP contribution is 2.18. The quantitative estimate of drug-likeness (QED) is 0.341. The number of piperazine rings is 1. The molecule has 0 radical (unpaired) electrons. The minimum atomic E-state index is -0.368. The second-order valence-corrected chi connectivity index (χ2v) is 4.45. The average molecular weight is 268 g/mol. The fourth-order valence-electron chi connectivity index (χ4n) is 2.04. The van der Waals surface area contributed by atoms with E-state index in [1.807, 2.05) is 9.80 Å². The summed E-state index contributed by atoms with van der Waals surface area (Å²) in [4.78, 5) is 11.7. The molecule has 0 aromatic carbocycles. The van der Waals surface area contributed by atoms with E-state index < -0.39 is 0 Å². The molecule has 1 aliphatic heterocycles. The van der Waals surface area contributed by atoms with Gasteiger partial charge in [-0.1, -0.05) is 5.16 Å². The van der Waals surface area contributed by atoms with Crippen LogP contribution >= 0.6 is 0 Å². The number of hydrogen-bond acceptors (Lipinski definition) is 6. The topological polar surface area (TPSA) is 90.9 Å². The van der Waals surface area contributed by atoms with E-state index in [0.717, 1.165) is 0 Å². The van der Waals surface area contributed by atoms with E-state index in [1.54, 1.807) is 6.92 Å². The van der Waals surface area contributed by atoms with Gasteiger partial charge in [-0.2, -0.15) is 0 Å². The Balaban J connectivity index is 1.98. The number of aromatic nitrogens is 2. The molecule has 3 N–H and O–H groups in total. The normalized spacial score (nSPS) is 17.8. The number of nitrogens with two attached hydrogens (primary N) is 1. The van der Waals surface area contributed by atoms with Crippen molar-refractivity contribution in [3.05, 3.63) is 17.8 Å². The number of anilines is 1. The summed E-state index contributed by atoms with van der Waals surface area (Å²) < 4.78 is 13.9. The van der Waals surface area contributed by atoms with Crippen molar-refractivity contribution in [2.75, 3.05) is 37.6 Å². The van der Waals surface area contributed by atoms with E-state index in [0.29, 0.717) is 44.2 Å². The molecular weight excluding hydrogens is 251 g/mol. The molecule has 0 spiro atoms.